The molecule has 7 heteroatoms. The Kier molecular flexibility index (Phi) is 4.05. The van der Waals surface area contributed by atoms with Crippen molar-refractivity contribution in [2.75, 3.05) is 31.1 Å². The van der Waals surface area contributed by atoms with Crippen molar-refractivity contribution in [3.05, 3.63) is 48.5 Å². The van der Waals surface area contributed by atoms with E-state index in [1.54, 1.807) is 18.7 Å². The molecule has 4 rings (SSSR count). The van der Waals surface area contributed by atoms with E-state index in [1.807, 2.05) is 40.8 Å². The van der Waals surface area contributed by atoms with Gasteiger partial charge in [-0.2, -0.15) is 0 Å². The number of carbonyl (C=O) groups excluding carboxylic acids is 1. The fourth-order valence-electron chi connectivity index (χ4n) is 3.19. The maximum absolute atomic E-state index is 12.6. The molecule has 0 bridgehead atoms. The van der Waals surface area contributed by atoms with Gasteiger partial charge in [-0.05, 0) is 23.8 Å². The summed E-state index contributed by atoms with van der Waals surface area (Å²) in [7, 11) is 1.97. The number of hydrogen-bond donors (Lipinski definition) is 0. The Morgan fingerprint density at radius 2 is 1.84 bits per heavy atom. The Labute approximate surface area is 145 Å². The molecule has 7 nitrogen and oxygen atoms in total. The van der Waals surface area contributed by atoms with Gasteiger partial charge in [0.25, 0.3) is 0 Å². The Balaban J connectivity index is 1.38. The number of benzene rings is 1. The fourth-order valence-corrected chi connectivity index (χ4v) is 3.19. The van der Waals surface area contributed by atoms with Crippen molar-refractivity contribution in [2.45, 2.75) is 6.42 Å². The van der Waals surface area contributed by atoms with Crippen molar-refractivity contribution in [3.8, 4) is 0 Å². The van der Waals surface area contributed by atoms with Gasteiger partial charge >= 0.3 is 0 Å². The van der Waals surface area contributed by atoms with Gasteiger partial charge in [-0.25, -0.2) is 15.0 Å². The van der Waals surface area contributed by atoms with Crippen molar-refractivity contribution >= 4 is 22.9 Å². The molecule has 1 saturated heterocycles. The molecule has 1 aliphatic heterocycles. The zero-order chi connectivity index (χ0) is 17.2. The van der Waals surface area contributed by atoms with E-state index >= 15 is 0 Å². The van der Waals surface area contributed by atoms with Crippen LogP contribution >= 0.6 is 0 Å². The number of fused-ring (bicyclic) bond motifs is 1. The molecule has 3 heterocycles. The lowest BCUT2D eigenvalue weighted by Gasteiger charge is -2.34. The first-order valence-corrected chi connectivity index (χ1v) is 8.40. The number of carbonyl (C=O) groups is 1. The second-order valence-corrected chi connectivity index (χ2v) is 6.27. The van der Waals surface area contributed by atoms with Crippen LogP contribution in [0.15, 0.2) is 43.0 Å². The molecule has 0 N–H and O–H groups in total. The molecule has 0 spiro atoms. The molecule has 0 atom stereocenters. The van der Waals surface area contributed by atoms with Gasteiger partial charge in [-0.3, -0.25) is 4.79 Å². The Morgan fingerprint density at radius 3 is 2.60 bits per heavy atom. The summed E-state index contributed by atoms with van der Waals surface area (Å²) >= 11 is 0. The predicted molar refractivity (Wildman–Crippen MR) is 95.2 cm³/mol. The van der Waals surface area contributed by atoms with Crippen molar-refractivity contribution in [1.29, 1.82) is 0 Å². The van der Waals surface area contributed by atoms with E-state index < -0.39 is 0 Å². The minimum absolute atomic E-state index is 0.156. The smallest absolute Gasteiger partial charge is 0.227 e. The van der Waals surface area contributed by atoms with E-state index in [9.17, 15) is 4.79 Å². The largest absolute Gasteiger partial charge is 0.339 e. The van der Waals surface area contributed by atoms with Crippen LogP contribution in [0.4, 0.5) is 5.95 Å². The summed E-state index contributed by atoms with van der Waals surface area (Å²) in [6.07, 6.45) is 5.69. The van der Waals surface area contributed by atoms with E-state index in [0.717, 1.165) is 35.6 Å². The normalized spacial score (nSPS) is 14.9. The average Bonchev–Trinajstić information content (AvgIpc) is 3.03. The predicted octanol–water partition coefficient (Wildman–Crippen LogP) is 1.25. The Morgan fingerprint density at radius 1 is 1.08 bits per heavy atom. The zero-order valence-corrected chi connectivity index (χ0v) is 14.2. The van der Waals surface area contributed by atoms with E-state index in [1.165, 1.54) is 0 Å². The highest BCUT2D eigenvalue weighted by atomic mass is 16.2. The first-order valence-electron chi connectivity index (χ1n) is 8.40. The van der Waals surface area contributed by atoms with E-state index in [0.29, 0.717) is 19.5 Å². The highest BCUT2D eigenvalue weighted by Crippen LogP contribution is 2.16. The van der Waals surface area contributed by atoms with Crippen LogP contribution in [0.3, 0.4) is 0 Å². The van der Waals surface area contributed by atoms with Gasteiger partial charge in [0.2, 0.25) is 11.9 Å². The molecule has 0 aliphatic carbocycles. The average molecular weight is 336 g/mol. The standard InChI is InChI=1S/C18H20N6O/c1-22-13-21-15-11-14(3-4-16(15)22)12-17(25)23-7-9-24(10-8-23)18-19-5-2-6-20-18/h2-6,11,13H,7-10,12H2,1H3. The number of hydrogen-bond acceptors (Lipinski definition) is 5. The number of aromatic nitrogens is 4. The van der Waals surface area contributed by atoms with Crippen molar-refractivity contribution in [1.82, 2.24) is 24.4 Å². The van der Waals surface area contributed by atoms with Crippen molar-refractivity contribution in [2.24, 2.45) is 7.05 Å². The third kappa shape index (κ3) is 3.17. The van der Waals surface area contributed by atoms with Crippen LogP contribution in [-0.4, -0.2) is 56.5 Å². The van der Waals surface area contributed by atoms with Crippen LogP contribution in [-0.2, 0) is 18.3 Å². The summed E-state index contributed by atoms with van der Waals surface area (Å²) in [5, 5.41) is 0. The van der Waals surface area contributed by atoms with Crippen LogP contribution in [0.5, 0.6) is 0 Å². The maximum Gasteiger partial charge on any atom is 0.227 e. The van der Waals surface area contributed by atoms with Crippen LogP contribution in [0.1, 0.15) is 5.56 Å². The van der Waals surface area contributed by atoms with E-state index in [4.69, 9.17) is 0 Å². The van der Waals surface area contributed by atoms with Gasteiger partial charge in [-0.1, -0.05) is 6.07 Å². The summed E-state index contributed by atoms with van der Waals surface area (Å²) < 4.78 is 1.98. The molecule has 25 heavy (non-hydrogen) atoms. The minimum Gasteiger partial charge on any atom is -0.339 e. The second kappa shape index (κ2) is 6.51. The van der Waals surface area contributed by atoms with Crippen LogP contribution < -0.4 is 4.90 Å². The highest BCUT2D eigenvalue weighted by Gasteiger charge is 2.22. The van der Waals surface area contributed by atoms with Crippen molar-refractivity contribution in [3.63, 3.8) is 0 Å². The monoisotopic (exact) mass is 336 g/mol. The lowest BCUT2D eigenvalue weighted by molar-refractivity contribution is -0.130. The van der Waals surface area contributed by atoms with E-state index in [2.05, 4.69) is 19.9 Å². The molecular formula is C18H20N6O. The Hall–Kier alpha value is -2.96. The van der Waals surface area contributed by atoms with Crippen LogP contribution in [0, 0.1) is 0 Å². The molecule has 128 valence electrons. The van der Waals surface area contributed by atoms with Crippen LogP contribution in [0.25, 0.3) is 11.0 Å². The summed E-state index contributed by atoms with van der Waals surface area (Å²) in [4.78, 5) is 29.5. The molecule has 2 aromatic heterocycles. The lowest BCUT2D eigenvalue weighted by Crippen LogP contribution is -2.49. The van der Waals surface area contributed by atoms with E-state index in [-0.39, 0.29) is 5.91 Å². The summed E-state index contributed by atoms with van der Waals surface area (Å²) in [6.45, 7) is 2.91. The molecular weight excluding hydrogens is 316 g/mol. The summed E-state index contributed by atoms with van der Waals surface area (Å²) in [5.74, 6) is 0.888. The second-order valence-electron chi connectivity index (χ2n) is 6.27. The van der Waals surface area contributed by atoms with Gasteiger partial charge in [-0.15, -0.1) is 0 Å². The van der Waals surface area contributed by atoms with Gasteiger partial charge in [0.05, 0.1) is 23.8 Å². The molecule has 1 aromatic carbocycles. The zero-order valence-electron chi connectivity index (χ0n) is 14.2. The van der Waals surface area contributed by atoms with Gasteiger partial charge in [0, 0.05) is 45.6 Å². The molecule has 1 fully saturated rings. The van der Waals surface area contributed by atoms with Gasteiger partial charge in [0.15, 0.2) is 0 Å². The maximum atomic E-state index is 12.6. The molecule has 1 aliphatic rings. The Bertz CT molecular complexity index is 883. The number of imidazole rings is 1. The first kappa shape index (κ1) is 15.6. The number of anilines is 1. The fraction of sp³-hybridized carbons (Fsp3) is 0.333. The topological polar surface area (TPSA) is 67.2 Å². The first-order chi connectivity index (χ1) is 12.2. The van der Waals surface area contributed by atoms with Crippen LogP contribution in [0.2, 0.25) is 0 Å². The molecule has 3 aromatic rings. The SMILES string of the molecule is Cn1cnc2cc(CC(=O)N3CCN(c4ncccn4)CC3)ccc21. The van der Waals surface area contributed by atoms with Gasteiger partial charge < -0.3 is 14.4 Å². The van der Waals surface area contributed by atoms with Gasteiger partial charge in [0.1, 0.15) is 0 Å². The quantitative estimate of drug-likeness (QED) is 0.720. The lowest BCUT2D eigenvalue weighted by atomic mass is 10.1. The molecule has 1 amide bonds. The number of rotatable bonds is 3. The highest BCUT2D eigenvalue weighted by molar-refractivity contribution is 5.82. The third-order valence-electron chi connectivity index (χ3n) is 4.61. The number of nitrogens with zero attached hydrogens (tertiary/aromatic N) is 6. The number of aryl methyl sites for hydroxylation is 1. The molecule has 0 radical (unpaired) electrons. The third-order valence-corrected chi connectivity index (χ3v) is 4.61. The summed E-state index contributed by atoms with van der Waals surface area (Å²) in [6, 6.07) is 7.84. The molecule has 0 saturated carbocycles. The van der Waals surface area contributed by atoms with Crippen molar-refractivity contribution < 1.29 is 4.79 Å². The minimum atomic E-state index is 0.156. The molecule has 0 unspecified atom stereocenters. The summed E-state index contributed by atoms with van der Waals surface area (Å²) in [5.41, 5.74) is 3.01. The number of amides is 1. The number of piperazine rings is 1.